The number of hydrogen-bond donors (Lipinski definition) is 0. The van der Waals surface area contributed by atoms with E-state index in [0.717, 1.165) is 11.1 Å². The van der Waals surface area contributed by atoms with E-state index >= 15 is 0 Å². The number of halogens is 2. The number of methoxy groups -OCH3 is 6. The first-order valence-electron chi connectivity index (χ1n) is 10.9. The van der Waals surface area contributed by atoms with Gasteiger partial charge in [0.05, 0.1) is 51.6 Å². The van der Waals surface area contributed by atoms with E-state index < -0.39 is 0 Å². The molecular formula is C26H29Br2NO7. The highest BCUT2D eigenvalue weighted by atomic mass is 79.9. The molecule has 1 saturated heterocycles. The molecule has 0 radical (unpaired) electrons. The van der Waals surface area contributed by atoms with E-state index in [1.54, 1.807) is 54.8 Å². The van der Waals surface area contributed by atoms with Gasteiger partial charge in [-0.05, 0) is 74.3 Å². The first-order chi connectivity index (χ1) is 17.2. The molecule has 10 heteroatoms. The van der Waals surface area contributed by atoms with Gasteiger partial charge >= 0.3 is 0 Å². The van der Waals surface area contributed by atoms with Gasteiger partial charge in [-0.15, -0.1) is 0 Å². The summed E-state index contributed by atoms with van der Waals surface area (Å²) in [6, 6.07) is 3.61. The van der Waals surface area contributed by atoms with E-state index in [-0.39, 0.29) is 5.78 Å². The third kappa shape index (κ3) is 5.35. The highest BCUT2D eigenvalue weighted by Crippen LogP contribution is 2.47. The number of likely N-dealkylation sites (tertiary alicyclic amines) is 1. The second-order valence-electron chi connectivity index (χ2n) is 7.94. The number of ketones is 1. The van der Waals surface area contributed by atoms with Gasteiger partial charge in [-0.25, -0.2) is 0 Å². The van der Waals surface area contributed by atoms with Gasteiger partial charge in [0.25, 0.3) is 0 Å². The van der Waals surface area contributed by atoms with Crippen LogP contribution in [0, 0.1) is 0 Å². The Morgan fingerprint density at radius 3 is 1.33 bits per heavy atom. The summed E-state index contributed by atoms with van der Waals surface area (Å²) >= 11 is 7.18. The smallest absolute Gasteiger partial charge is 0.204 e. The van der Waals surface area contributed by atoms with E-state index in [2.05, 4.69) is 36.8 Å². The van der Waals surface area contributed by atoms with Crippen LogP contribution in [0.25, 0.3) is 12.2 Å². The van der Waals surface area contributed by atoms with E-state index in [1.807, 2.05) is 19.2 Å². The summed E-state index contributed by atoms with van der Waals surface area (Å²) < 4.78 is 34.3. The minimum Gasteiger partial charge on any atom is -0.493 e. The van der Waals surface area contributed by atoms with Crippen LogP contribution in [-0.2, 0) is 4.79 Å². The number of Topliss-reactive ketones (excluding diaryl/α,β-unsaturated/α-hetero) is 1. The van der Waals surface area contributed by atoms with Crippen molar-refractivity contribution < 1.29 is 33.2 Å². The van der Waals surface area contributed by atoms with Crippen molar-refractivity contribution in [1.82, 2.24) is 4.90 Å². The fourth-order valence-corrected chi connectivity index (χ4v) is 5.22. The Bertz CT molecular complexity index is 1130. The first kappa shape index (κ1) is 27.9. The fraction of sp³-hybridized carbons (Fsp3) is 0.346. The Hall–Kier alpha value is -2.69. The summed E-state index contributed by atoms with van der Waals surface area (Å²) in [7, 11) is 11.3. The van der Waals surface area contributed by atoms with Gasteiger partial charge in [-0.1, -0.05) is 0 Å². The average Bonchev–Trinajstić information content (AvgIpc) is 2.87. The molecule has 1 aliphatic heterocycles. The molecule has 0 aliphatic carbocycles. The lowest BCUT2D eigenvalue weighted by molar-refractivity contribution is -0.113. The van der Waals surface area contributed by atoms with Gasteiger partial charge in [0.1, 0.15) is 0 Å². The number of piperidine rings is 1. The number of likely N-dealkylation sites (N-methyl/N-ethyl adjacent to an activating group) is 1. The van der Waals surface area contributed by atoms with Crippen molar-refractivity contribution in [3.63, 3.8) is 0 Å². The molecule has 0 N–H and O–H groups in total. The molecule has 0 spiro atoms. The lowest BCUT2D eigenvalue weighted by Crippen LogP contribution is -2.34. The molecule has 194 valence electrons. The third-order valence-electron chi connectivity index (χ3n) is 5.72. The number of nitrogens with zero attached hydrogens (tertiary/aromatic N) is 1. The molecule has 0 amide bonds. The molecule has 0 aromatic heterocycles. The number of ether oxygens (including phenoxy) is 6. The molecular weight excluding hydrogens is 598 g/mol. The van der Waals surface area contributed by atoms with Crippen molar-refractivity contribution in [2.75, 3.05) is 62.8 Å². The van der Waals surface area contributed by atoms with Crippen LogP contribution in [-0.4, -0.2) is 73.5 Å². The zero-order valence-corrected chi connectivity index (χ0v) is 24.5. The maximum Gasteiger partial charge on any atom is 0.204 e. The second-order valence-corrected chi connectivity index (χ2v) is 9.52. The molecule has 3 rings (SSSR count). The molecule has 0 atom stereocenters. The molecule has 36 heavy (non-hydrogen) atoms. The Labute approximate surface area is 228 Å². The summed E-state index contributed by atoms with van der Waals surface area (Å²) in [5.41, 5.74) is 2.70. The van der Waals surface area contributed by atoms with E-state index in [4.69, 9.17) is 28.4 Å². The predicted octanol–water partition coefficient (Wildman–Crippen LogP) is 5.24. The highest BCUT2D eigenvalue weighted by molar-refractivity contribution is 9.11. The molecule has 2 aromatic carbocycles. The molecule has 8 nitrogen and oxygen atoms in total. The summed E-state index contributed by atoms with van der Waals surface area (Å²) in [6.07, 6.45) is 3.68. The maximum atomic E-state index is 13.6. The SMILES string of the molecule is COc1cc(C=C2CN(C)CC(=Cc3cc(OC)c(OC)c(OC)c3Br)C2=O)c(Br)c(OC)c1OC. The van der Waals surface area contributed by atoms with E-state index in [9.17, 15) is 4.79 Å². The largest absolute Gasteiger partial charge is 0.493 e. The van der Waals surface area contributed by atoms with Crippen LogP contribution in [0.5, 0.6) is 34.5 Å². The van der Waals surface area contributed by atoms with Crippen molar-refractivity contribution in [3.8, 4) is 34.5 Å². The van der Waals surface area contributed by atoms with Crippen LogP contribution < -0.4 is 28.4 Å². The van der Waals surface area contributed by atoms with Crippen LogP contribution in [0.3, 0.4) is 0 Å². The van der Waals surface area contributed by atoms with Gasteiger partial charge in [0, 0.05) is 24.2 Å². The highest BCUT2D eigenvalue weighted by Gasteiger charge is 2.27. The third-order valence-corrected chi connectivity index (χ3v) is 7.35. The zero-order valence-electron chi connectivity index (χ0n) is 21.3. The normalized spacial score (nSPS) is 16.3. The molecule has 0 unspecified atom stereocenters. The minimum atomic E-state index is -0.0607. The topological polar surface area (TPSA) is 75.7 Å². The van der Waals surface area contributed by atoms with Crippen LogP contribution in [0.1, 0.15) is 11.1 Å². The average molecular weight is 627 g/mol. The Morgan fingerprint density at radius 2 is 1.03 bits per heavy atom. The lowest BCUT2D eigenvalue weighted by Gasteiger charge is -2.26. The quantitative estimate of drug-likeness (QED) is 0.368. The number of carbonyl (C=O) groups is 1. The molecule has 1 fully saturated rings. The van der Waals surface area contributed by atoms with Crippen LogP contribution in [0.4, 0.5) is 0 Å². The lowest BCUT2D eigenvalue weighted by atomic mass is 9.94. The van der Waals surface area contributed by atoms with Crippen LogP contribution in [0.2, 0.25) is 0 Å². The van der Waals surface area contributed by atoms with Crippen molar-refractivity contribution in [2.45, 2.75) is 0 Å². The molecule has 1 aliphatic rings. The Morgan fingerprint density at radius 1 is 0.667 bits per heavy atom. The monoisotopic (exact) mass is 625 g/mol. The summed E-state index contributed by atoms with van der Waals surface area (Å²) in [5.74, 6) is 2.84. The maximum absolute atomic E-state index is 13.6. The van der Waals surface area contributed by atoms with E-state index in [0.29, 0.717) is 67.7 Å². The van der Waals surface area contributed by atoms with Crippen LogP contribution >= 0.6 is 31.9 Å². The molecule has 0 saturated carbocycles. The minimum absolute atomic E-state index is 0.0607. The van der Waals surface area contributed by atoms with Gasteiger partial charge in [0.15, 0.2) is 28.8 Å². The fourth-order valence-electron chi connectivity index (χ4n) is 4.08. The van der Waals surface area contributed by atoms with Gasteiger partial charge in [-0.3, -0.25) is 9.69 Å². The van der Waals surface area contributed by atoms with E-state index in [1.165, 1.54) is 0 Å². The standard InChI is InChI=1S/C26H29Br2NO7/c1-29-12-16(8-14-10-18(31-2)23(33-4)25(35-6)20(14)27)22(30)17(13-29)9-15-11-19(32-3)24(34-5)26(36-7)21(15)28/h8-11H,12-13H2,1-7H3. The van der Waals surface area contributed by atoms with Crippen LogP contribution in [0.15, 0.2) is 32.2 Å². The predicted molar refractivity (Wildman–Crippen MR) is 146 cm³/mol. The number of benzene rings is 2. The van der Waals surface area contributed by atoms with Crippen molar-refractivity contribution in [1.29, 1.82) is 0 Å². The summed E-state index contributed by atoms with van der Waals surface area (Å²) in [5, 5.41) is 0. The van der Waals surface area contributed by atoms with Crippen molar-refractivity contribution >= 4 is 49.8 Å². The number of rotatable bonds is 8. The molecule has 0 bridgehead atoms. The first-order valence-corrected chi connectivity index (χ1v) is 12.4. The second kappa shape index (κ2) is 12.0. The Kier molecular flexibility index (Phi) is 9.32. The molecule has 2 aromatic rings. The van der Waals surface area contributed by atoms with Gasteiger partial charge < -0.3 is 28.4 Å². The summed E-state index contributed by atoms with van der Waals surface area (Å²) in [6.45, 7) is 0.964. The number of carbonyl (C=O) groups excluding carboxylic acids is 1. The Balaban J connectivity index is 2.12. The summed E-state index contributed by atoms with van der Waals surface area (Å²) in [4.78, 5) is 15.7. The molecule has 1 heterocycles. The van der Waals surface area contributed by atoms with Gasteiger partial charge in [0.2, 0.25) is 11.5 Å². The van der Waals surface area contributed by atoms with Crippen molar-refractivity contribution in [3.05, 3.63) is 43.4 Å². The zero-order chi connectivity index (χ0) is 26.6. The number of hydrogen-bond acceptors (Lipinski definition) is 8. The van der Waals surface area contributed by atoms with Gasteiger partial charge in [-0.2, -0.15) is 0 Å². The van der Waals surface area contributed by atoms with Crippen molar-refractivity contribution in [2.24, 2.45) is 0 Å².